The van der Waals surface area contributed by atoms with Gasteiger partial charge in [-0.1, -0.05) is 84.4 Å². The molecular weight excluding hydrogens is 722 g/mol. The van der Waals surface area contributed by atoms with Gasteiger partial charge < -0.3 is 34.4 Å². The number of hydrogen-bond acceptors (Lipinski definition) is 8. The van der Waals surface area contributed by atoms with Crippen LogP contribution in [0.5, 0.6) is 0 Å². The largest absolute Gasteiger partial charge is 0.455 e. The lowest BCUT2D eigenvalue weighted by atomic mass is 9.70. The minimum Gasteiger partial charge on any atom is -0.455 e. The van der Waals surface area contributed by atoms with Crippen molar-refractivity contribution >= 4 is 41.0 Å². The van der Waals surface area contributed by atoms with E-state index in [1.54, 1.807) is 60.7 Å². The first kappa shape index (κ1) is 39.9. The Morgan fingerprint density at radius 2 is 1.75 bits per heavy atom. The molecule has 12 heteroatoms. The molecule has 2 bridgehead atoms. The van der Waals surface area contributed by atoms with Crippen molar-refractivity contribution in [3.8, 4) is 0 Å². The normalized spacial score (nSPS) is 24.1. The summed E-state index contributed by atoms with van der Waals surface area (Å²) >= 11 is 6.21. The Hall–Kier alpha value is -4.81. The number of benzene rings is 3. The summed E-state index contributed by atoms with van der Waals surface area (Å²) in [7, 11) is 1.50. The van der Waals surface area contributed by atoms with Gasteiger partial charge in [-0.3, -0.25) is 19.2 Å². The van der Waals surface area contributed by atoms with Crippen molar-refractivity contribution in [2.24, 2.45) is 11.8 Å². The van der Waals surface area contributed by atoms with Gasteiger partial charge in [0, 0.05) is 30.8 Å². The molecule has 3 aliphatic rings. The number of hydrogen-bond donors (Lipinski definition) is 2. The predicted molar refractivity (Wildman–Crippen MR) is 208 cm³/mol. The zero-order chi connectivity index (χ0) is 39.1. The van der Waals surface area contributed by atoms with E-state index in [1.165, 1.54) is 16.9 Å². The average Bonchev–Trinajstić information content (AvgIpc) is 3.85. The number of rotatable bonds is 18. The molecule has 1 spiro atoms. The van der Waals surface area contributed by atoms with Gasteiger partial charge in [-0.2, -0.15) is 0 Å². The Morgan fingerprint density at radius 1 is 1.05 bits per heavy atom. The molecule has 2 N–H and O–H groups in total. The van der Waals surface area contributed by atoms with E-state index in [-0.39, 0.29) is 31.9 Å². The highest BCUT2D eigenvalue weighted by Crippen LogP contribution is 2.59. The van der Waals surface area contributed by atoms with E-state index in [2.05, 4.69) is 18.5 Å². The van der Waals surface area contributed by atoms with Gasteiger partial charge in [-0.15, -0.1) is 13.2 Å². The van der Waals surface area contributed by atoms with Crippen LogP contribution in [0.2, 0.25) is 5.02 Å². The highest BCUT2D eigenvalue weighted by Gasteiger charge is 2.75. The Bertz CT molecular complexity index is 1840. The summed E-state index contributed by atoms with van der Waals surface area (Å²) in [6.07, 6.45) is 3.23. The number of anilines is 1. The van der Waals surface area contributed by atoms with E-state index < -0.39 is 72.2 Å². The Balaban J connectivity index is 1.39. The molecule has 290 valence electrons. The summed E-state index contributed by atoms with van der Waals surface area (Å²) in [6, 6.07) is 22.5. The van der Waals surface area contributed by atoms with E-state index in [1.807, 2.05) is 36.4 Å². The number of halogens is 1. The number of esters is 1. The third-order valence-electron chi connectivity index (χ3n) is 10.9. The summed E-state index contributed by atoms with van der Waals surface area (Å²) in [5, 5.41) is 14.4. The molecule has 11 nitrogen and oxygen atoms in total. The molecule has 3 fully saturated rings. The first-order valence-electron chi connectivity index (χ1n) is 18.6. The third kappa shape index (κ3) is 8.11. The molecule has 0 aromatic heterocycles. The van der Waals surface area contributed by atoms with Crippen molar-refractivity contribution in [3.05, 3.63) is 126 Å². The SMILES string of the molecule is C=CCCC(=O)N[C@H](COC)[C@H](OC(=O)[C@@H]1[C@@H]2CC[C@]3(O2)[C@H](C(=O)N(CC=C)c2ccc(Cl)cc2)N([C@@H](CO)Cc2ccccc2)C(=O)[C@@H]13)c1ccccc1. The third-order valence-corrected chi connectivity index (χ3v) is 11.1. The standard InChI is InChI=1S/C43H48ClN3O8/c1-4-6-17-35(49)45-33(27-53-3)38(29-15-11-8-12-16-29)54-42(52)36-34-22-23-43(55-34)37(36)40(50)47(32(26-48)25-28-13-9-7-10-14-28)39(43)41(51)46(24-5-2)31-20-18-30(44)19-21-31/h4-5,7-16,18-21,32-34,36-39,48H,1-2,6,17,22-27H2,3H3,(H,45,49)/t32-,33-,34+,36-,37-,38-,39+,43-/m1/s1. The minimum atomic E-state index is -1.38. The van der Waals surface area contributed by atoms with Crippen LogP contribution in [0, 0.1) is 11.8 Å². The molecule has 0 unspecified atom stereocenters. The van der Waals surface area contributed by atoms with Gasteiger partial charge in [0.25, 0.3) is 5.91 Å². The molecule has 0 saturated carbocycles. The summed E-state index contributed by atoms with van der Waals surface area (Å²) in [4.78, 5) is 60.7. The molecule has 6 rings (SSSR count). The molecule has 8 atom stereocenters. The summed E-state index contributed by atoms with van der Waals surface area (Å²) in [6.45, 7) is 7.30. The number of methoxy groups -OCH3 is 1. The Kier molecular flexibility index (Phi) is 12.9. The van der Waals surface area contributed by atoms with Crippen LogP contribution in [-0.2, 0) is 39.8 Å². The van der Waals surface area contributed by atoms with Gasteiger partial charge in [0.1, 0.15) is 17.7 Å². The molecule has 3 aliphatic heterocycles. The average molecular weight is 770 g/mol. The van der Waals surface area contributed by atoms with Gasteiger partial charge in [0.05, 0.1) is 43.2 Å². The number of carbonyl (C=O) groups excluding carboxylic acids is 4. The van der Waals surface area contributed by atoms with Crippen molar-refractivity contribution in [2.45, 2.75) is 68.0 Å². The van der Waals surface area contributed by atoms with Crippen molar-refractivity contribution in [1.82, 2.24) is 10.2 Å². The molecule has 0 radical (unpaired) electrons. The highest BCUT2D eigenvalue weighted by molar-refractivity contribution is 6.30. The van der Waals surface area contributed by atoms with Crippen LogP contribution >= 0.6 is 11.6 Å². The summed E-state index contributed by atoms with van der Waals surface area (Å²) in [5.41, 5.74) is 0.644. The maximum atomic E-state index is 15.1. The predicted octanol–water partition coefficient (Wildman–Crippen LogP) is 5.22. The summed E-state index contributed by atoms with van der Waals surface area (Å²) in [5.74, 6) is -3.97. The number of aliphatic hydroxyl groups excluding tert-OH is 1. The maximum absolute atomic E-state index is 15.1. The number of ether oxygens (including phenoxy) is 3. The van der Waals surface area contributed by atoms with E-state index in [0.717, 1.165) is 5.56 Å². The molecule has 0 aliphatic carbocycles. The second-order valence-corrected chi connectivity index (χ2v) is 14.7. The smallest absolute Gasteiger partial charge is 0.313 e. The van der Waals surface area contributed by atoms with E-state index in [9.17, 15) is 14.7 Å². The van der Waals surface area contributed by atoms with Crippen LogP contribution in [0.3, 0.4) is 0 Å². The van der Waals surface area contributed by atoms with Crippen molar-refractivity contribution in [3.63, 3.8) is 0 Å². The van der Waals surface area contributed by atoms with Crippen molar-refractivity contribution < 1.29 is 38.5 Å². The van der Waals surface area contributed by atoms with Crippen LogP contribution in [0.4, 0.5) is 5.69 Å². The van der Waals surface area contributed by atoms with Crippen molar-refractivity contribution in [2.75, 3.05) is 31.8 Å². The van der Waals surface area contributed by atoms with Crippen LogP contribution in [-0.4, -0.2) is 90.4 Å². The number of amides is 3. The van der Waals surface area contributed by atoms with Crippen molar-refractivity contribution in [1.29, 1.82) is 0 Å². The second-order valence-electron chi connectivity index (χ2n) is 14.3. The first-order valence-corrected chi connectivity index (χ1v) is 19.0. The van der Waals surface area contributed by atoms with E-state index in [0.29, 0.717) is 35.5 Å². The number of fused-ring (bicyclic) bond motifs is 1. The number of nitrogens with zero attached hydrogens (tertiary/aromatic N) is 2. The number of allylic oxidation sites excluding steroid dienone is 1. The fourth-order valence-corrected chi connectivity index (χ4v) is 8.64. The number of carbonyl (C=O) groups is 4. The minimum absolute atomic E-state index is 0.0371. The van der Waals surface area contributed by atoms with Crippen LogP contribution in [0.1, 0.15) is 42.9 Å². The van der Waals surface area contributed by atoms with Crippen LogP contribution in [0.25, 0.3) is 0 Å². The molecular formula is C43H48ClN3O8. The molecule has 3 aromatic carbocycles. The van der Waals surface area contributed by atoms with Gasteiger partial charge >= 0.3 is 5.97 Å². The van der Waals surface area contributed by atoms with E-state index in [4.69, 9.17) is 25.8 Å². The molecule has 3 saturated heterocycles. The van der Waals surface area contributed by atoms with Crippen LogP contribution in [0.15, 0.2) is 110 Å². The zero-order valence-corrected chi connectivity index (χ0v) is 31.7. The lowest BCUT2D eigenvalue weighted by Crippen LogP contribution is -2.59. The Labute approximate surface area is 326 Å². The number of aliphatic hydroxyl groups is 1. The topological polar surface area (TPSA) is 135 Å². The first-order chi connectivity index (χ1) is 26.7. The number of likely N-dealkylation sites (tertiary alicyclic amines) is 1. The lowest BCUT2D eigenvalue weighted by Gasteiger charge is -2.39. The molecule has 3 heterocycles. The highest BCUT2D eigenvalue weighted by atomic mass is 35.5. The summed E-state index contributed by atoms with van der Waals surface area (Å²) < 4.78 is 18.6. The van der Waals surface area contributed by atoms with Gasteiger partial charge in [-0.25, -0.2) is 0 Å². The quantitative estimate of drug-likeness (QED) is 0.133. The molecule has 3 aromatic rings. The second kappa shape index (κ2) is 17.8. The van der Waals surface area contributed by atoms with Crippen LogP contribution < -0.4 is 10.2 Å². The molecule has 55 heavy (non-hydrogen) atoms. The van der Waals surface area contributed by atoms with E-state index >= 15 is 9.59 Å². The van der Waals surface area contributed by atoms with Gasteiger partial charge in [0.15, 0.2) is 0 Å². The zero-order valence-electron chi connectivity index (χ0n) is 30.9. The number of nitrogens with one attached hydrogen (secondary N) is 1. The monoisotopic (exact) mass is 769 g/mol. The maximum Gasteiger partial charge on any atom is 0.313 e. The lowest BCUT2D eigenvalue weighted by molar-refractivity contribution is -0.163. The van der Waals surface area contributed by atoms with Gasteiger partial charge in [0.2, 0.25) is 11.8 Å². The Morgan fingerprint density at radius 3 is 2.38 bits per heavy atom. The molecule has 3 amide bonds. The fraction of sp³-hybridized carbons (Fsp3) is 0.395. The van der Waals surface area contributed by atoms with Gasteiger partial charge in [-0.05, 0) is 61.1 Å². The fourth-order valence-electron chi connectivity index (χ4n) is 8.51.